The van der Waals surface area contributed by atoms with Crippen molar-refractivity contribution in [2.24, 2.45) is 0 Å². The number of aliphatic hydroxyl groups is 1. The third kappa shape index (κ3) is 4.83. The minimum atomic E-state index is -0.999. The van der Waals surface area contributed by atoms with E-state index in [0.29, 0.717) is 37.5 Å². The van der Waals surface area contributed by atoms with Crippen molar-refractivity contribution >= 4 is 17.5 Å². The quantitative estimate of drug-likeness (QED) is 0.708. The van der Waals surface area contributed by atoms with Gasteiger partial charge in [-0.3, -0.25) is 9.59 Å². The maximum absolute atomic E-state index is 12.9. The lowest BCUT2D eigenvalue weighted by atomic mass is 10.1. The standard InChI is InChI=1S/C22H27N3O5/c1-29-17-7-5-6-16(14-17)21(27)23-18(15-26)22(28)25-12-10-24(11-13-25)19-8-3-4-9-20(19)30-2/h3-9,14,18,26H,10-13,15H2,1-2H3,(H,23,27)/t18-/m0/s1. The van der Waals surface area contributed by atoms with E-state index < -0.39 is 18.6 Å². The third-order valence-electron chi connectivity index (χ3n) is 5.14. The van der Waals surface area contributed by atoms with Gasteiger partial charge < -0.3 is 29.7 Å². The lowest BCUT2D eigenvalue weighted by molar-refractivity contribution is -0.134. The smallest absolute Gasteiger partial charge is 0.252 e. The molecule has 1 heterocycles. The predicted octanol–water partition coefficient (Wildman–Crippen LogP) is 1.14. The summed E-state index contributed by atoms with van der Waals surface area (Å²) in [6.07, 6.45) is 0. The lowest BCUT2D eigenvalue weighted by Crippen LogP contribution is -2.56. The normalized spacial score (nSPS) is 14.8. The third-order valence-corrected chi connectivity index (χ3v) is 5.14. The molecule has 2 aromatic carbocycles. The number of nitrogens with zero attached hydrogens (tertiary/aromatic N) is 2. The highest BCUT2D eigenvalue weighted by Gasteiger charge is 2.29. The SMILES string of the molecule is COc1cccc(C(=O)N[C@@H](CO)C(=O)N2CCN(c3ccccc3OC)CC2)c1. The Kier molecular flexibility index (Phi) is 7.13. The van der Waals surface area contributed by atoms with Crippen molar-refractivity contribution < 1.29 is 24.2 Å². The van der Waals surface area contributed by atoms with E-state index in [0.717, 1.165) is 11.4 Å². The van der Waals surface area contributed by atoms with E-state index in [1.807, 2.05) is 24.3 Å². The minimum Gasteiger partial charge on any atom is -0.497 e. The Balaban J connectivity index is 1.60. The first-order valence-corrected chi connectivity index (χ1v) is 9.80. The van der Waals surface area contributed by atoms with Gasteiger partial charge in [0.2, 0.25) is 5.91 Å². The summed E-state index contributed by atoms with van der Waals surface area (Å²) in [5.41, 5.74) is 1.35. The summed E-state index contributed by atoms with van der Waals surface area (Å²) in [5, 5.41) is 12.3. The van der Waals surface area contributed by atoms with Gasteiger partial charge in [-0.1, -0.05) is 18.2 Å². The average Bonchev–Trinajstić information content (AvgIpc) is 2.82. The maximum Gasteiger partial charge on any atom is 0.252 e. The molecule has 0 aliphatic carbocycles. The monoisotopic (exact) mass is 413 g/mol. The average molecular weight is 413 g/mol. The molecule has 30 heavy (non-hydrogen) atoms. The number of rotatable bonds is 7. The first-order chi connectivity index (χ1) is 14.6. The Bertz CT molecular complexity index is 881. The lowest BCUT2D eigenvalue weighted by Gasteiger charge is -2.37. The number of carbonyl (C=O) groups excluding carboxylic acids is 2. The van der Waals surface area contributed by atoms with Crippen LogP contribution in [0.2, 0.25) is 0 Å². The van der Waals surface area contributed by atoms with Crippen LogP contribution in [0, 0.1) is 0 Å². The van der Waals surface area contributed by atoms with Gasteiger partial charge >= 0.3 is 0 Å². The first-order valence-electron chi connectivity index (χ1n) is 9.80. The number of nitrogens with one attached hydrogen (secondary N) is 1. The van der Waals surface area contributed by atoms with Crippen molar-refractivity contribution in [2.75, 3.05) is 51.9 Å². The summed E-state index contributed by atoms with van der Waals surface area (Å²) >= 11 is 0. The number of carbonyl (C=O) groups is 2. The molecule has 0 spiro atoms. The van der Waals surface area contributed by atoms with Gasteiger partial charge in [0.25, 0.3) is 5.91 Å². The molecular weight excluding hydrogens is 386 g/mol. The number of anilines is 1. The van der Waals surface area contributed by atoms with Crippen molar-refractivity contribution in [2.45, 2.75) is 6.04 Å². The van der Waals surface area contributed by atoms with E-state index in [1.54, 1.807) is 36.3 Å². The molecule has 8 heteroatoms. The number of ether oxygens (including phenoxy) is 2. The van der Waals surface area contributed by atoms with Gasteiger partial charge in [-0.25, -0.2) is 0 Å². The van der Waals surface area contributed by atoms with Gasteiger partial charge in [-0.05, 0) is 30.3 Å². The highest BCUT2D eigenvalue weighted by atomic mass is 16.5. The Morgan fingerprint density at radius 1 is 1.03 bits per heavy atom. The predicted molar refractivity (Wildman–Crippen MR) is 113 cm³/mol. The van der Waals surface area contributed by atoms with Crippen molar-refractivity contribution in [1.29, 1.82) is 0 Å². The van der Waals surface area contributed by atoms with E-state index in [2.05, 4.69) is 10.2 Å². The van der Waals surface area contributed by atoms with Crippen LogP contribution in [0.3, 0.4) is 0 Å². The Morgan fingerprint density at radius 2 is 1.77 bits per heavy atom. The molecule has 0 bridgehead atoms. The van der Waals surface area contributed by atoms with Crippen molar-refractivity contribution in [3.05, 3.63) is 54.1 Å². The molecule has 0 saturated carbocycles. The topological polar surface area (TPSA) is 91.3 Å². The zero-order valence-electron chi connectivity index (χ0n) is 17.2. The van der Waals surface area contributed by atoms with Crippen molar-refractivity contribution in [3.8, 4) is 11.5 Å². The van der Waals surface area contributed by atoms with Crippen LogP contribution < -0.4 is 19.7 Å². The fourth-order valence-electron chi connectivity index (χ4n) is 3.47. The summed E-state index contributed by atoms with van der Waals surface area (Å²) in [5.74, 6) is 0.598. The summed E-state index contributed by atoms with van der Waals surface area (Å²) in [4.78, 5) is 29.2. The van der Waals surface area contributed by atoms with Gasteiger partial charge in [-0.2, -0.15) is 0 Å². The molecule has 1 saturated heterocycles. The number of hydrogen-bond acceptors (Lipinski definition) is 6. The number of amides is 2. The molecule has 2 N–H and O–H groups in total. The Hall–Kier alpha value is -3.26. The minimum absolute atomic E-state index is 0.298. The molecule has 8 nitrogen and oxygen atoms in total. The highest BCUT2D eigenvalue weighted by Crippen LogP contribution is 2.28. The molecule has 1 aliphatic heterocycles. The summed E-state index contributed by atoms with van der Waals surface area (Å²) < 4.78 is 10.5. The van der Waals surface area contributed by atoms with Gasteiger partial charge in [0, 0.05) is 31.7 Å². The number of hydrogen-bond donors (Lipinski definition) is 2. The second-order valence-electron chi connectivity index (χ2n) is 6.92. The van der Waals surface area contributed by atoms with Crippen LogP contribution in [0.25, 0.3) is 0 Å². The van der Waals surface area contributed by atoms with Gasteiger partial charge in [0.15, 0.2) is 0 Å². The van der Waals surface area contributed by atoms with Crippen LogP contribution in [-0.2, 0) is 4.79 Å². The van der Waals surface area contributed by atoms with Gasteiger partial charge in [-0.15, -0.1) is 0 Å². The van der Waals surface area contributed by atoms with Crippen molar-refractivity contribution in [1.82, 2.24) is 10.2 Å². The second kappa shape index (κ2) is 9.98. The summed E-state index contributed by atoms with van der Waals surface area (Å²) in [6, 6.07) is 13.4. The molecule has 0 radical (unpaired) electrons. The number of aliphatic hydroxyl groups excluding tert-OH is 1. The molecule has 2 aromatic rings. The van der Waals surface area contributed by atoms with Crippen LogP contribution in [0.5, 0.6) is 11.5 Å². The second-order valence-corrected chi connectivity index (χ2v) is 6.92. The van der Waals surface area contributed by atoms with Crippen LogP contribution >= 0.6 is 0 Å². The van der Waals surface area contributed by atoms with E-state index in [4.69, 9.17) is 9.47 Å². The van der Waals surface area contributed by atoms with Crippen LogP contribution in [0.15, 0.2) is 48.5 Å². The number of benzene rings is 2. The maximum atomic E-state index is 12.9. The number of piperazine rings is 1. The molecule has 1 fully saturated rings. The van der Waals surface area contributed by atoms with Gasteiger partial charge in [0.05, 0.1) is 26.5 Å². The summed E-state index contributed by atoms with van der Waals surface area (Å²) in [6.45, 7) is 1.77. The Morgan fingerprint density at radius 3 is 2.43 bits per heavy atom. The van der Waals surface area contributed by atoms with Gasteiger partial charge in [0.1, 0.15) is 17.5 Å². The zero-order valence-corrected chi connectivity index (χ0v) is 17.2. The largest absolute Gasteiger partial charge is 0.497 e. The first kappa shape index (κ1) is 21.4. The molecule has 1 atom stereocenters. The fraction of sp³-hybridized carbons (Fsp3) is 0.364. The van der Waals surface area contributed by atoms with Crippen molar-refractivity contribution in [3.63, 3.8) is 0 Å². The number of para-hydroxylation sites is 2. The molecular formula is C22H27N3O5. The highest BCUT2D eigenvalue weighted by molar-refractivity contribution is 5.98. The zero-order chi connectivity index (χ0) is 21.5. The molecule has 160 valence electrons. The molecule has 1 aliphatic rings. The number of methoxy groups -OCH3 is 2. The molecule has 0 aromatic heterocycles. The summed E-state index contributed by atoms with van der Waals surface area (Å²) in [7, 11) is 3.15. The Labute approximate surface area is 176 Å². The fourth-order valence-corrected chi connectivity index (χ4v) is 3.47. The molecule has 3 rings (SSSR count). The van der Waals surface area contributed by atoms with Crippen LogP contribution in [0.4, 0.5) is 5.69 Å². The van der Waals surface area contributed by atoms with E-state index in [-0.39, 0.29) is 5.91 Å². The molecule has 0 unspecified atom stereocenters. The van der Waals surface area contributed by atoms with Crippen LogP contribution in [-0.4, -0.2) is 74.9 Å². The van der Waals surface area contributed by atoms with E-state index in [9.17, 15) is 14.7 Å². The van der Waals surface area contributed by atoms with Crippen LogP contribution in [0.1, 0.15) is 10.4 Å². The van der Waals surface area contributed by atoms with E-state index in [1.165, 1.54) is 7.11 Å². The van der Waals surface area contributed by atoms with E-state index >= 15 is 0 Å². The molecule has 2 amide bonds.